The molecular weight excluding hydrogens is 409 g/mol. The van der Waals surface area contributed by atoms with Crippen LogP contribution in [0.4, 0.5) is 4.39 Å². The topological polar surface area (TPSA) is 54.5 Å². The number of nitrogens with zero attached hydrogens (tertiary/aromatic N) is 1. The Kier molecular flexibility index (Phi) is 5.24. The molecule has 0 saturated carbocycles. The Morgan fingerprint density at radius 2 is 1.96 bits per heavy atom. The van der Waals surface area contributed by atoms with Gasteiger partial charge in [-0.1, -0.05) is 24.3 Å². The van der Waals surface area contributed by atoms with Crippen LogP contribution in [0.25, 0.3) is 0 Å². The molecule has 2 aromatic carbocycles. The number of amides is 1. The Balaban J connectivity index is 1.94. The Hall–Kier alpha value is -1.73. The van der Waals surface area contributed by atoms with Crippen LogP contribution in [0.1, 0.15) is 22.3 Å². The van der Waals surface area contributed by atoms with Gasteiger partial charge in [-0.25, -0.2) is 12.8 Å². The van der Waals surface area contributed by atoms with E-state index in [-0.39, 0.29) is 29.8 Å². The predicted octanol–water partition coefficient (Wildman–Crippen LogP) is 3.42. The fourth-order valence-corrected chi connectivity index (χ4v) is 5.19. The first-order valence-corrected chi connectivity index (χ1v) is 10.5. The van der Waals surface area contributed by atoms with E-state index in [9.17, 15) is 17.6 Å². The van der Waals surface area contributed by atoms with Crippen molar-refractivity contribution < 1.29 is 17.6 Å². The molecule has 4 nitrogen and oxygen atoms in total. The summed E-state index contributed by atoms with van der Waals surface area (Å²) in [6.45, 7) is 0.165. The van der Waals surface area contributed by atoms with E-state index in [0.717, 1.165) is 0 Å². The molecule has 25 heavy (non-hydrogen) atoms. The number of halogens is 2. The smallest absolute Gasteiger partial charge is 0.255 e. The summed E-state index contributed by atoms with van der Waals surface area (Å²) in [6, 6.07) is 12.6. The van der Waals surface area contributed by atoms with Gasteiger partial charge in [0.2, 0.25) is 0 Å². The Morgan fingerprint density at radius 3 is 2.60 bits per heavy atom. The van der Waals surface area contributed by atoms with Crippen LogP contribution >= 0.6 is 15.9 Å². The minimum absolute atomic E-state index is 0.0570. The highest BCUT2D eigenvalue weighted by atomic mass is 79.9. The number of sulfone groups is 1. The van der Waals surface area contributed by atoms with Gasteiger partial charge in [0.25, 0.3) is 5.91 Å². The average Bonchev–Trinajstić information content (AvgIpc) is 2.92. The normalized spacial score (nSPS) is 18.9. The molecule has 1 amide bonds. The lowest BCUT2D eigenvalue weighted by atomic mass is 10.1. The molecule has 0 N–H and O–H groups in total. The van der Waals surface area contributed by atoms with Crippen LogP contribution in [0.3, 0.4) is 0 Å². The summed E-state index contributed by atoms with van der Waals surface area (Å²) < 4.78 is 37.9. The summed E-state index contributed by atoms with van der Waals surface area (Å²) in [6.07, 6.45) is 0.397. The molecule has 0 aliphatic carbocycles. The van der Waals surface area contributed by atoms with Gasteiger partial charge in [-0.3, -0.25) is 4.79 Å². The summed E-state index contributed by atoms with van der Waals surface area (Å²) in [5.74, 6) is -0.636. The molecule has 0 aromatic heterocycles. The number of hydrogen-bond acceptors (Lipinski definition) is 3. The van der Waals surface area contributed by atoms with E-state index < -0.39 is 15.9 Å². The van der Waals surface area contributed by atoms with Gasteiger partial charge in [-0.2, -0.15) is 0 Å². The van der Waals surface area contributed by atoms with Gasteiger partial charge in [-0.15, -0.1) is 0 Å². The predicted molar refractivity (Wildman–Crippen MR) is 97.5 cm³/mol. The molecular formula is C18H17BrFNO3S. The Bertz CT molecular complexity index is 901. The second-order valence-electron chi connectivity index (χ2n) is 6.10. The fourth-order valence-electron chi connectivity index (χ4n) is 3.01. The number of rotatable bonds is 4. The highest BCUT2D eigenvalue weighted by Gasteiger charge is 2.35. The third-order valence-electron chi connectivity index (χ3n) is 4.26. The fraction of sp³-hybridized carbons (Fsp3) is 0.278. The largest absolute Gasteiger partial charge is 0.330 e. The third kappa shape index (κ3) is 4.27. The van der Waals surface area contributed by atoms with Crippen LogP contribution in [0.5, 0.6) is 0 Å². The molecule has 1 heterocycles. The first kappa shape index (κ1) is 18.1. The highest BCUT2D eigenvalue weighted by molar-refractivity contribution is 9.10. The van der Waals surface area contributed by atoms with E-state index in [1.165, 1.54) is 12.1 Å². The zero-order valence-corrected chi connectivity index (χ0v) is 15.8. The van der Waals surface area contributed by atoms with Crippen LogP contribution in [-0.2, 0) is 16.4 Å². The van der Waals surface area contributed by atoms with E-state index in [0.29, 0.717) is 22.0 Å². The highest BCUT2D eigenvalue weighted by Crippen LogP contribution is 2.25. The molecule has 1 aliphatic heterocycles. The third-order valence-corrected chi connectivity index (χ3v) is 6.70. The van der Waals surface area contributed by atoms with Crippen molar-refractivity contribution in [1.82, 2.24) is 4.90 Å². The van der Waals surface area contributed by atoms with E-state index in [4.69, 9.17) is 0 Å². The average molecular weight is 426 g/mol. The van der Waals surface area contributed by atoms with Gasteiger partial charge >= 0.3 is 0 Å². The molecule has 0 spiro atoms. The summed E-state index contributed by atoms with van der Waals surface area (Å²) >= 11 is 3.37. The Morgan fingerprint density at radius 1 is 1.20 bits per heavy atom. The molecule has 1 atom stereocenters. The van der Waals surface area contributed by atoms with Gasteiger partial charge in [0.1, 0.15) is 5.82 Å². The van der Waals surface area contributed by atoms with Crippen molar-refractivity contribution >= 4 is 31.7 Å². The first-order valence-electron chi connectivity index (χ1n) is 7.86. The minimum atomic E-state index is -3.15. The molecule has 3 rings (SSSR count). The minimum Gasteiger partial charge on any atom is -0.330 e. The van der Waals surface area contributed by atoms with E-state index in [1.807, 2.05) is 0 Å². The number of carbonyl (C=O) groups excluding carboxylic acids is 1. The maximum atomic E-state index is 13.5. The van der Waals surface area contributed by atoms with Gasteiger partial charge in [-0.05, 0) is 52.2 Å². The standard InChI is InChI=1S/C18H17BrFNO3S/c19-17-7-2-1-6-16(17)18(22)21(15-8-9-25(23,24)12-15)11-13-4-3-5-14(20)10-13/h1-7,10,15H,8-9,11-12H2/t15-/m1/s1. The van der Waals surface area contributed by atoms with Crippen molar-refractivity contribution in [3.8, 4) is 0 Å². The molecule has 0 radical (unpaired) electrons. The van der Waals surface area contributed by atoms with Crippen molar-refractivity contribution in [1.29, 1.82) is 0 Å². The summed E-state index contributed by atoms with van der Waals surface area (Å²) in [5.41, 5.74) is 1.09. The van der Waals surface area contributed by atoms with Crippen LogP contribution < -0.4 is 0 Å². The second-order valence-corrected chi connectivity index (χ2v) is 9.18. The molecule has 0 unspecified atom stereocenters. The summed E-state index contributed by atoms with van der Waals surface area (Å²) in [7, 11) is -3.15. The second kappa shape index (κ2) is 7.25. The lowest BCUT2D eigenvalue weighted by Crippen LogP contribution is -2.40. The van der Waals surface area contributed by atoms with Crippen LogP contribution in [0, 0.1) is 5.82 Å². The summed E-state index contributed by atoms with van der Waals surface area (Å²) in [5, 5.41) is 0. The van der Waals surface area contributed by atoms with Crippen molar-refractivity contribution in [3.05, 3.63) is 69.9 Å². The van der Waals surface area contributed by atoms with E-state index in [2.05, 4.69) is 15.9 Å². The lowest BCUT2D eigenvalue weighted by molar-refractivity contribution is 0.0679. The van der Waals surface area contributed by atoms with Crippen LogP contribution in [-0.4, -0.2) is 36.8 Å². The molecule has 2 aromatic rings. The summed E-state index contributed by atoms with van der Waals surface area (Å²) in [4.78, 5) is 14.6. The van der Waals surface area contributed by atoms with Crippen molar-refractivity contribution in [2.45, 2.75) is 19.0 Å². The quantitative estimate of drug-likeness (QED) is 0.753. The molecule has 1 fully saturated rings. The van der Waals surface area contributed by atoms with Crippen molar-refractivity contribution in [2.24, 2.45) is 0 Å². The first-order chi connectivity index (χ1) is 11.9. The van der Waals surface area contributed by atoms with Gasteiger partial charge < -0.3 is 4.90 Å². The van der Waals surface area contributed by atoms with Gasteiger partial charge in [0.15, 0.2) is 9.84 Å². The lowest BCUT2D eigenvalue weighted by Gasteiger charge is -2.29. The maximum absolute atomic E-state index is 13.5. The van der Waals surface area contributed by atoms with Crippen molar-refractivity contribution in [2.75, 3.05) is 11.5 Å². The maximum Gasteiger partial charge on any atom is 0.255 e. The van der Waals surface area contributed by atoms with E-state index in [1.54, 1.807) is 41.3 Å². The van der Waals surface area contributed by atoms with Crippen LogP contribution in [0.15, 0.2) is 53.0 Å². The van der Waals surface area contributed by atoms with E-state index >= 15 is 0 Å². The number of benzene rings is 2. The zero-order valence-electron chi connectivity index (χ0n) is 13.4. The van der Waals surface area contributed by atoms with Gasteiger partial charge in [0.05, 0.1) is 17.1 Å². The molecule has 1 aliphatic rings. The number of hydrogen-bond donors (Lipinski definition) is 0. The molecule has 132 valence electrons. The Labute approximate surface area is 154 Å². The number of carbonyl (C=O) groups is 1. The molecule has 0 bridgehead atoms. The molecule has 1 saturated heterocycles. The monoisotopic (exact) mass is 425 g/mol. The molecule has 7 heteroatoms. The van der Waals surface area contributed by atoms with Crippen LogP contribution in [0.2, 0.25) is 0 Å². The van der Waals surface area contributed by atoms with Gasteiger partial charge in [0, 0.05) is 17.1 Å². The van der Waals surface area contributed by atoms with Crippen molar-refractivity contribution in [3.63, 3.8) is 0 Å². The SMILES string of the molecule is O=C(c1ccccc1Br)N(Cc1cccc(F)c1)[C@@H]1CCS(=O)(=O)C1. The zero-order chi connectivity index (χ0) is 18.0.